The van der Waals surface area contributed by atoms with Gasteiger partial charge in [0.05, 0.1) is 24.6 Å². The van der Waals surface area contributed by atoms with E-state index >= 15 is 0 Å². The molecule has 1 aliphatic heterocycles. The van der Waals surface area contributed by atoms with Crippen LogP contribution in [-0.2, 0) is 4.74 Å². The molecule has 1 saturated heterocycles. The molecule has 0 saturated carbocycles. The quantitative estimate of drug-likeness (QED) is 0.567. The second-order valence-corrected chi connectivity index (χ2v) is 8.99. The van der Waals surface area contributed by atoms with E-state index in [0.717, 1.165) is 12.0 Å². The maximum absolute atomic E-state index is 12.3. The summed E-state index contributed by atoms with van der Waals surface area (Å²) < 4.78 is 17.1. The van der Waals surface area contributed by atoms with Crippen LogP contribution in [0.1, 0.15) is 32.9 Å². The monoisotopic (exact) mass is 462 g/mol. The Morgan fingerprint density at radius 1 is 1.26 bits per heavy atom. The molecule has 1 fully saturated rings. The Balaban J connectivity index is 1.37. The molecule has 1 atom stereocenters. The van der Waals surface area contributed by atoms with E-state index in [1.165, 1.54) is 12.4 Å². The first-order chi connectivity index (χ1) is 16.3. The molecule has 0 radical (unpaired) electrons. The number of likely N-dealkylation sites (tertiary alicyclic amines) is 1. The van der Waals surface area contributed by atoms with Gasteiger partial charge in [0, 0.05) is 25.1 Å². The Kier molecular flexibility index (Phi) is 6.63. The molecule has 1 N–H and O–H groups in total. The van der Waals surface area contributed by atoms with Crippen molar-refractivity contribution < 1.29 is 18.8 Å². The molecule has 0 spiro atoms. The summed E-state index contributed by atoms with van der Waals surface area (Å²) in [7, 11) is 0. The average molecular weight is 463 g/mol. The van der Waals surface area contributed by atoms with Gasteiger partial charge in [-0.1, -0.05) is 17.3 Å². The van der Waals surface area contributed by atoms with Gasteiger partial charge in [0.1, 0.15) is 23.2 Å². The maximum atomic E-state index is 12.3. The highest BCUT2D eigenvalue weighted by Crippen LogP contribution is 2.32. The predicted octanol–water partition coefficient (Wildman–Crippen LogP) is 4.38. The van der Waals surface area contributed by atoms with E-state index < -0.39 is 5.60 Å². The van der Waals surface area contributed by atoms with Gasteiger partial charge in [-0.15, -0.1) is 0 Å². The molecule has 1 unspecified atom stereocenters. The van der Waals surface area contributed by atoms with Crippen molar-refractivity contribution in [1.82, 2.24) is 20.0 Å². The van der Waals surface area contributed by atoms with Crippen molar-refractivity contribution in [2.24, 2.45) is 5.92 Å². The van der Waals surface area contributed by atoms with Gasteiger partial charge in [0.2, 0.25) is 0 Å². The van der Waals surface area contributed by atoms with E-state index in [9.17, 15) is 4.79 Å². The van der Waals surface area contributed by atoms with Crippen molar-refractivity contribution in [3.63, 3.8) is 0 Å². The number of nitrogens with one attached hydrogen (secondary N) is 1. The number of ether oxygens (including phenoxy) is 2. The zero-order chi connectivity index (χ0) is 24.1. The normalized spacial score (nSPS) is 15.6. The Morgan fingerprint density at radius 3 is 2.82 bits per heavy atom. The first-order valence-corrected chi connectivity index (χ1v) is 11.0. The number of anilines is 2. The smallest absolute Gasteiger partial charge is 0.410 e. The van der Waals surface area contributed by atoms with E-state index in [1.54, 1.807) is 11.0 Å². The summed E-state index contributed by atoms with van der Waals surface area (Å²) >= 11 is 0. The summed E-state index contributed by atoms with van der Waals surface area (Å²) in [4.78, 5) is 22.1. The summed E-state index contributed by atoms with van der Waals surface area (Å²) in [5.74, 6) is 2.30. The van der Waals surface area contributed by atoms with Crippen LogP contribution in [0, 0.1) is 17.2 Å². The molecule has 3 heterocycles. The van der Waals surface area contributed by atoms with Crippen molar-refractivity contribution in [1.29, 1.82) is 5.26 Å². The SMILES string of the molecule is CC(C)(C)OC(=O)N1CCC(COc2ccccc2-c2cc(Nc3cnc(C#N)cn3)no2)C1. The van der Waals surface area contributed by atoms with E-state index in [1.807, 2.05) is 51.1 Å². The van der Waals surface area contributed by atoms with E-state index in [0.29, 0.717) is 42.8 Å². The van der Waals surface area contributed by atoms with Gasteiger partial charge in [-0.3, -0.25) is 0 Å². The Labute approximate surface area is 197 Å². The third-order valence-electron chi connectivity index (χ3n) is 5.10. The van der Waals surface area contributed by atoms with Crippen LogP contribution in [0.2, 0.25) is 0 Å². The maximum Gasteiger partial charge on any atom is 0.410 e. The summed E-state index contributed by atoms with van der Waals surface area (Å²) in [6.07, 6.45) is 3.39. The van der Waals surface area contributed by atoms with Gasteiger partial charge in [-0.2, -0.15) is 5.26 Å². The molecule has 1 amide bonds. The third kappa shape index (κ3) is 5.81. The van der Waals surface area contributed by atoms with Crippen LogP contribution >= 0.6 is 0 Å². The number of rotatable bonds is 6. The lowest BCUT2D eigenvalue weighted by atomic mass is 10.1. The summed E-state index contributed by atoms with van der Waals surface area (Å²) in [5, 5.41) is 15.9. The number of carbonyl (C=O) groups is 1. The fourth-order valence-electron chi connectivity index (χ4n) is 3.51. The van der Waals surface area contributed by atoms with Gasteiger partial charge >= 0.3 is 6.09 Å². The number of aromatic nitrogens is 3. The zero-order valence-electron chi connectivity index (χ0n) is 19.3. The van der Waals surface area contributed by atoms with Crippen LogP contribution in [0.25, 0.3) is 11.3 Å². The number of benzene rings is 1. The minimum atomic E-state index is -0.512. The van der Waals surface area contributed by atoms with Crippen LogP contribution in [0.4, 0.5) is 16.4 Å². The molecular formula is C24H26N6O4. The van der Waals surface area contributed by atoms with Crippen molar-refractivity contribution >= 4 is 17.7 Å². The molecule has 34 heavy (non-hydrogen) atoms. The number of amides is 1. The predicted molar refractivity (Wildman–Crippen MR) is 123 cm³/mol. The van der Waals surface area contributed by atoms with Gasteiger partial charge in [0.15, 0.2) is 17.3 Å². The number of nitriles is 1. The van der Waals surface area contributed by atoms with E-state index in [2.05, 4.69) is 20.4 Å². The van der Waals surface area contributed by atoms with Crippen LogP contribution in [0.3, 0.4) is 0 Å². The molecule has 3 aromatic rings. The topological polar surface area (TPSA) is 126 Å². The molecule has 10 heteroatoms. The highest BCUT2D eigenvalue weighted by Gasteiger charge is 2.30. The Hall–Kier alpha value is -4.13. The van der Waals surface area contributed by atoms with Crippen molar-refractivity contribution in [2.75, 3.05) is 25.0 Å². The van der Waals surface area contributed by atoms with Gasteiger partial charge < -0.3 is 24.2 Å². The molecule has 176 valence electrons. The highest BCUT2D eigenvalue weighted by atomic mass is 16.6. The minimum absolute atomic E-state index is 0.211. The number of para-hydroxylation sites is 1. The van der Waals surface area contributed by atoms with Gasteiger partial charge in [-0.05, 0) is 39.3 Å². The standard InChI is InChI=1S/C24H26N6O4/c1-24(2,3)33-23(31)30-9-8-16(14-30)15-32-19-7-5-4-6-18(19)20-10-21(29-34-20)28-22-13-26-17(11-25)12-27-22/h4-7,10,12-13,16H,8-9,14-15H2,1-3H3,(H,27,28,29). The Bertz CT molecular complexity index is 1180. The highest BCUT2D eigenvalue weighted by molar-refractivity contribution is 5.69. The Morgan fingerprint density at radius 2 is 2.09 bits per heavy atom. The second kappa shape index (κ2) is 9.79. The average Bonchev–Trinajstić information content (AvgIpc) is 3.47. The van der Waals surface area contributed by atoms with E-state index in [4.69, 9.17) is 19.3 Å². The van der Waals surface area contributed by atoms with Gasteiger partial charge in [0.25, 0.3) is 0 Å². The number of nitrogens with zero attached hydrogens (tertiary/aromatic N) is 5. The lowest BCUT2D eigenvalue weighted by Gasteiger charge is -2.24. The molecule has 2 aromatic heterocycles. The summed E-state index contributed by atoms with van der Waals surface area (Å²) in [6, 6.07) is 11.2. The molecule has 4 rings (SSSR count). The molecule has 1 aromatic carbocycles. The molecule has 0 aliphatic carbocycles. The first kappa shape index (κ1) is 23.0. The van der Waals surface area contributed by atoms with Crippen LogP contribution < -0.4 is 10.1 Å². The largest absolute Gasteiger partial charge is 0.492 e. The third-order valence-corrected chi connectivity index (χ3v) is 5.10. The van der Waals surface area contributed by atoms with Crippen LogP contribution in [0.5, 0.6) is 5.75 Å². The number of hydrogen-bond acceptors (Lipinski definition) is 9. The fraction of sp³-hybridized carbons (Fsp3) is 0.375. The van der Waals surface area contributed by atoms with E-state index in [-0.39, 0.29) is 17.7 Å². The summed E-state index contributed by atoms with van der Waals surface area (Å²) in [6.45, 7) is 7.30. The number of carbonyl (C=O) groups excluding carboxylic acids is 1. The number of hydrogen-bond donors (Lipinski definition) is 1. The molecule has 0 bridgehead atoms. The van der Waals surface area contributed by atoms with Crippen LogP contribution in [-0.4, -0.2) is 51.4 Å². The second-order valence-electron chi connectivity index (χ2n) is 8.99. The fourth-order valence-corrected chi connectivity index (χ4v) is 3.51. The summed E-state index contributed by atoms with van der Waals surface area (Å²) in [5.41, 5.74) is 0.479. The van der Waals surface area contributed by atoms with Crippen molar-refractivity contribution in [3.8, 4) is 23.1 Å². The lowest BCUT2D eigenvalue weighted by molar-refractivity contribution is 0.0285. The minimum Gasteiger partial charge on any atom is -0.492 e. The molecular weight excluding hydrogens is 436 g/mol. The molecule has 1 aliphatic rings. The van der Waals surface area contributed by atoms with Crippen molar-refractivity contribution in [2.45, 2.75) is 32.8 Å². The zero-order valence-corrected chi connectivity index (χ0v) is 19.3. The van der Waals surface area contributed by atoms with Crippen LogP contribution in [0.15, 0.2) is 47.2 Å². The molecule has 10 nitrogen and oxygen atoms in total. The lowest BCUT2D eigenvalue weighted by Crippen LogP contribution is -2.35. The van der Waals surface area contributed by atoms with Gasteiger partial charge in [-0.25, -0.2) is 14.8 Å². The van der Waals surface area contributed by atoms with Crippen molar-refractivity contribution in [3.05, 3.63) is 48.4 Å². The first-order valence-electron chi connectivity index (χ1n) is 11.0.